The standard InChI is InChI=1S/C13H15N5O3S/c1-21-12(20)11(9-5-3-2-4-6-9)16-10(19)7-22-13-15-8-18(14)17-13/h2-6,8,11H,7,14H2,1H3,(H,16,19). The lowest BCUT2D eigenvalue weighted by Crippen LogP contribution is -2.35. The first-order valence-corrected chi connectivity index (χ1v) is 7.30. The van der Waals surface area contributed by atoms with E-state index in [-0.39, 0.29) is 11.7 Å². The Balaban J connectivity index is 1.98. The zero-order valence-corrected chi connectivity index (χ0v) is 12.6. The first-order chi connectivity index (χ1) is 10.6. The monoisotopic (exact) mass is 321 g/mol. The van der Waals surface area contributed by atoms with Crippen molar-refractivity contribution in [2.24, 2.45) is 0 Å². The number of hydrogen-bond donors (Lipinski definition) is 2. The Morgan fingerprint density at radius 1 is 1.41 bits per heavy atom. The Hall–Kier alpha value is -2.55. The molecule has 0 fully saturated rings. The third-order valence-corrected chi connectivity index (χ3v) is 3.55. The number of rotatable bonds is 6. The third-order valence-electron chi connectivity index (χ3n) is 2.69. The van der Waals surface area contributed by atoms with Crippen molar-refractivity contribution < 1.29 is 14.3 Å². The molecule has 1 unspecified atom stereocenters. The lowest BCUT2D eigenvalue weighted by Gasteiger charge is -2.16. The van der Waals surface area contributed by atoms with Crippen LogP contribution >= 0.6 is 11.8 Å². The molecule has 0 radical (unpaired) electrons. The van der Waals surface area contributed by atoms with E-state index < -0.39 is 12.0 Å². The van der Waals surface area contributed by atoms with Gasteiger partial charge < -0.3 is 15.9 Å². The van der Waals surface area contributed by atoms with Crippen molar-refractivity contribution >= 4 is 23.6 Å². The smallest absolute Gasteiger partial charge is 0.333 e. The molecule has 0 saturated heterocycles. The zero-order valence-electron chi connectivity index (χ0n) is 11.8. The lowest BCUT2D eigenvalue weighted by molar-refractivity contribution is -0.145. The summed E-state index contributed by atoms with van der Waals surface area (Å²) in [5.41, 5.74) is 0.650. The number of benzene rings is 1. The van der Waals surface area contributed by atoms with Crippen molar-refractivity contribution in [2.45, 2.75) is 11.2 Å². The normalized spacial score (nSPS) is 11.7. The summed E-state index contributed by atoms with van der Waals surface area (Å²) in [6, 6.07) is 8.02. The van der Waals surface area contributed by atoms with Crippen molar-refractivity contribution in [3.8, 4) is 0 Å². The maximum absolute atomic E-state index is 12.0. The first-order valence-electron chi connectivity index (χ1n) is 6.32. The number of ether oxygens (including phenoxy) is 1. The van der Waals surface area contributed by atoms with Crippen molar-refractivity contribution in [3.63, 3.8) is 0 Å². The summed E-state index contributed by atoms with van der Waals surface area (Å²) in [5, 5.41) is 6.86. The Labute approximate surface area is 131 Å². The van der Waals surface area contributed by atoms with Crippen LogP contribution in [0.5, 0.6) is 0 Å². The van der Waals surface area contributed by atoms with Gasteiger partial charge in [0.05, 0.1) is 12.9 Å². The Bertz CT molecular complexity index is 646. The van der Waals surface area contributed by atoms with Crippen molar-refractivity contribution in [1.82, 2.24) is 20.2 Å². The molecule has 22 heavy (non-hydrogen) atoms. The summed E-state index contributed by atoms with van der Waals surface area (Å²) in [7, 11) is 1.27. The zero-order chi connectivity index (χ0) is 15.9. The maximum atomic E-state index is 12.0. The number of nitrogens with two attached hydrogens (primary N) is 1. The molecule has 1 amide bonds. The SMILES string of the molecule is COC(=O)C(NC(=O)CSc1ncn(N)n1)c1ccccc1. The molecule has 8 nitrogen and oxygen atoms in total. The van der Waals surface area contributed by atoms with Gasteiger partial charge in [0.25, 0.3) is 0 Å². The van der Waals surface area contributed by atoms with Gasteiger partial charge in [-0.05, 0) is 5.56 Å². The van der Waals surface area contributed by atoms with Crippen molar-refractivity contribution in [2.75, 3.05) is 18.7 Å². The fraction of sp³-hybridized carbons (Fsp3) is 0.231. The van der Waals surface area contributed by atoms with Crippen LogP contribution in [-0.2, 0) is 14.3 Å². The van der Waals surface area contributed by atoms with E-state index in [9.17, 15) is 9.59 Å². The highest BCUT2D eigenvalue weighted by Crippen LogP contribution is 2.16. The van der Waals surface area contributed by atoms with E-state index in [4.69, 9.17) is 10.6 Å². The molecular formula is C13H15N5O3S. The Morgan fingerprint density at radius 2 is 2.14 bits per heavy atom. The van der Waals surface area contributed by atoms with E-state index in [0.29, 0.717) is 10.7 Å². The average Bonchev–Trinajstić information content (AvgIpc) is 2.96. The van der Waals surface area contributed by atoms with E-state index in [1.165, 1.54) is 13.4 Å². The topological polar surface area (TPSA) is 112 Å². The number of carbonyl (C=O) groups is 2. The molecular weight excluding hydrogens is 306 g/mol. The van der Waals surface area contributed by atoms with E-state index in [1.807, 2.05) is 6.07 Å². The van der Waals surface area contributed by atoms with E-state index in [2.05, 4.69) is 15.4 Å². The molecule has 0 bridgehead atoms. The molecule has 1 heterocycles. The van der Waals surface area contributed by atoms with E-state index in [1.54, 1.807) is 24.3 Å². The molecule has 3 N–H and O–H groups in total. The second-order valence-electron chi connectivity index (χ2n) is 4.23. The summed E-state index contributed by atoms with van der Waals surface area (Å²) < 4.78 is 4.73. The molecule has 0 spiro atoms. The van der Waals surface area contributed by atoms with Gasteiger partial charge in [-0.1, -0.05) is 42.1 Å². The summed E-state index contributed by atoms with van der Waals surface area (Å²) in [5.74, 6) is 4.56. The molecule has 9 heteroatoms. The second kappa shape index (κ2) is 7.46. The van der Waals surface area contributed by atoms with Crippen LogP contribution in [0, 0.1) is 0 Å². The van der Waals surface area contributed by atoms with Gasteiger partial charge in [-0.25, -0.2) is 9.78 Å². The van der Waals surface area contributed by atoms with Crippen LogP contribution in [0.15, 0.2) is 41.8 Å². The van der Waals surface area contributed by atoms with Crippen molar-refractivity contribution in [1.29, 1.82) is 0 Å². The highest BCUT2D eigenvalue weighted by molar-refractivity contribution is 7.99. The molecule has 116 valence electrons. The number of aromatic nitrogens is 3. The van der Waals surface area contributed by atoms with Crippen LogP contribution in [0.1, 0.15) is 11.6 Å². The maximum Gasteiger partial charge on any atom is 0.333 e. The van der Waals surface area contributed by atoms with Gasteiger partial charge in [0.1, 0.15) is 6.33 Å². The summed E-state index contributed by atoms with van der Waals surface area (Å²) >= 11 is 1.12. The number of carbonyl (C=O) groups excluding carboxylic acids is 2. The molecule has 1 aromatic heterocycles. The molecule has 0 saturated carbocycles. The number of hydrogen-bond acceptors (Lipinski definition) is 7. The van der Waals surface area contributed by atoms with Crippen LogP contribution in [0.2, 0.25) is 0 Å². The number of esters is 1. The summed E-state index contributed by atoms with van der Waals surface area (Å²) in [4.78, 5) is 28.8. The number of nitrogens with zero attached hydrogens (tertiary/aromatic N) is 3. The van der Waals surface area contributed by atoms with Crippen LogP contribution in [0.3, 0.4) is 0 Å². The fourth-order valence-corrected chi connectivity index (χ4v) is 2.32. The minimum absolute atomic E-state index is 0.0599. The van der Waals surface area contributed by atoms with Crippen LogP contribution in [0.25, 0.3) is 0 Å². The van der Waals surface area contributed by atoms with Crippen LogP contribution in [0.4, 0.5) is 0 Å². The summed E-state index contributed by atoms with van der Waals surface area (Å²) in [6.45, 7) is 0. The van der Waals surface area contributed by atoms with Gasteiger partial charge in [0, 0.05) is 0 Å². The lowest BCUT2D eigenvalue weighted by atomic mass is 10.1. The van der Waals surface area contributed by atoms with Gasteiger partial charge in [0.15, 0.2) is 6.04 Å². The van der Waals surface area contributed by atoms with E-state index in [0.717, 1.165) is 16.6 Å². The molecule has 2 rings (SSSR count). The van der Waals surface area contributed by atoms with Gasteiger partial charge in [-0.3, -0.25) is 4.79 Å². The van der Waals surface area contributed by atoms with Crippen LogP contribution < -0.4 is 11.2 Å². The molecule has 1 aromatic carbocycles. The van der Waals surface area contributed by atoms with Gasteiger partial charge in [-0.2, -0.15) is 4.79 Å². The molecule has 0 aliphatic rings. The molecule has 0 aliphatic heterocycles. The minimum Gasteiger partial charge on any atom is -0.467 e. The van der Waals surface area contributed by atoms with E-state index >= 15 is 0 Å². The molecule has 2 aromatic rings. The summed E-state index contributed by atoms with van der Waals surface area (Å²) in [6.07, 6.45) is 1.33. The molecule has 0 aliphatic carbocycles. The quantitative estimate of drug-likeness (QED) is 0.441. The van der Waals surface area contributed by atoms with Crippen LogP contribution in [-0.4, -0.2) is 39.6 Å². The minimum atomic E-state index is -0.848. The predicted molar refractivity (Wildman–Crippen MR) is 80.2 cm³/mol. The number of thioether (sulfide) groups is 1. The largest absolute Gasteiger partial charge is 0.467 e. The van der Waals surface area contributed by atoms with Gasteiger partial charge >= 0.3 is 5.97 Å². The molecule has 1 atom stereocenters. The number of amides is 1. The third kappa shape index (κ3) is 4.22. The number of methoxy groups -OCH3 is 1. The number of nitrogens with one attached hydrogen (secondary N) is 1. The Morgan fingerprint density at radius 3 is 2.73 bits per heavy atom. The van der Waals surface area contributed by atoms with Crippen molar-refractivity contribution in [3.05, 3.63) is 42.2 Å². The second-order valence-corrected chi connectivity index (χ2v) is 5.17. The highest BCUT2D eigenvalue weighted by Gasteiger charge is 2.23. The Kier molecular flexibility index (Phi) is 5.37. The van der Waals surface area contributed by atoms with Gasteiger partial charge in [-0.15, -0.1) is 5.10 Å². The number of nitrogen functional groups attached to an aromatic ring is 1. The predicted octanol–water partition coefficient (Wildman–Crippen LogP) is 0.115. The fourth-order valence-electron chi connectivity index (χ4n) is 1.70. The highest BCUT2D eigenvalue weighted by atomic mass is 32.2. The average molecular weight is 321 g/mol. The first kappa shape index (κ1) is 15.8. The van der Waals surface area contributed by atoms with Gasteiger partial charge in [0.2, 0.25) is 11.1 Å².